The van der Waals surface area contributed by atoms with E-state index in [1.807, 2.05) is 25.2 Å². The normalized spacial score (nSPS) is 16.9. The third-order valence-corrected chi connectivity index (χ3v) is 4.43. The van der Waals surface area contributed by atoms with Gasteiger partial charge in [0.1, 0.15) is 5.60 Å². The van der Waals surface area contributed by atoms with Crippen molar-refractivity contribution >= 4 is 22.9 Å². The summed E-state index contributed by atoms with van der Waals surface area (Å²) in [7, 11) is 1.98. The first-order chi connectivity index (χ1) is 10.5. The summed E-state index contributed by atoms with van der Waals surface area (Å²) >= 11 is 0. The van der Waals surface area contributed by atoms with E-state index < -0.39 is 5.60 Å². The summed E-state index contributed by atoms with van der Waals surface area (Å²) in [4.78, 5) is 11.4. The van der Waals surface area contributed by atoms with Crippen molar-refractivity contribution in [2.45, 2.75) is 31.8 Å². The monoisotopic (exact) mass is 299 g/mol. The topological polar surface area (TPSA) is 51.5 Å². The van der Waals surface area contributed by atoms with Crippen LogP contribution in [0.15, 0.2) is 30.3 Å². The maximum Gasteiger partial charge on any atom is 0.330 e. The Labute approximate surface area is 130 Å². The molecule has 116 valence electrons. The van der Waals surface area contributed by atoms with E-state index >= 15 is 0 Å². The standard InChI is InChI=1S/C18H21NO3/c1-3-22-17(20)8-6-13-5-7-14-12-16(18(21)9-4-10-18)19(2)15(14)11-13/h5-8,11-12,21H,3-4,9-10H2,1-2H3/b8-6-. The average Bonchev–Trinajstić information content (AvgIpc) is 2.80. The van der Waals surface area contributed by atoms with Crippen molar-refractivity contribution < 1.29 is 14.6 Å². The van der Waals surface area contributed by atoms with E-state index in [4.69, 9.17) is 4.74 Å². The third kappa shape index (κ3) is 2.55. The smallest absolute Gasteiger partial charge is 0.330 e. The molecular formula is C18H21NO3. The largest absolute Gasteiger partial charge is 0.463 e. The lowest BCUT2D eigenvalue weighted by Crippen LogP contribution is -2.35. The molecule has 0 aliphatic heterocycles. The van der Waals surface area contributed by atoms with E-state index in [2.05, 4.69) is 10.6 Å². The van der Waals surface area contributed by atoms with Gasteiger partial charge in [-0.05, 0) is 55.3 Å². The summed E-state index contributed by atoms with van der Waals surface area (Å²) in [5.41, 5.74) is 2.30. The molecule has 4 heteroatoms. The zero-order chi connectivity index (χ0) is 15.7. The zero-order valence-corrected chi connectivity index (χ0v) is 13.0. The van der Waals surface area contributed by atoms with Crippen molar-refractivity contribution in [3.63, 3.8) is 0 Å². The molecule has 2 aromatic rings. The number of rotatable bonds is 4. The molecule has 1 saturated carbocycles. The first-order valence-corrected chi connectivity index (χ1v) is 7.71. The van der Waals surface area contributed by atoms with E-state index in [1.54, 1.807) is 13.0 Å². The lowest BCUT2D eigenvalue weighted by atomic mass is 9.78. The van der Waals surface area contributed by atoms with Gasteiger partial charge >= 0.3 is 5.97 Å². The van der Waals surface area contributed by atoms with Gasteiger partial charge in [0.05, 0.1) is 12.3 Å². The Morgan fingerprint density at radius 2 is 2.18 bits per heavy atom. The minimum atomic E-state index is -0.672. The molecule has 0 saturated heterocycles. The molecule has 22 heavy (non-hydrogen) atoms. The number of carbonyl (C=O) groups excluding carboxylic acids is 1. The maximum absolute atomic E-state index is 11.4. The van der Waals surface area contributed by atoms with Crippen LogP contribution in [0.4, 0.5) is 0 Å². The summed E-state index contributed by atoms with van der Waals surface area (Å²) in [5, 5.41) is 11.7. The number of aliphatic hydroxyl groups is 1. The second kappa shape index (κ2) is 5.61. The van der Waals surface area contributed by atoms with Crippen molar-refractivity contribution in [3.05, 3.63) is 41.6 Å². The molecule has 1 aromatic carbocycles. The predicted octanol–water partition coefficient (Wildman–Crippen LogP) is 3.13. The number of hydrogen-bond acceptors (Lipinski definition) is 3. The van der Waals surface area contributed by atoms with E-state index in [-0.39, 0.29) is 5.97 Å². The molecule has 0 unspecified atom stereocenters. The van der Waals surface area contributed by atoms with Crippen LogP contribution in [0.5, 0.6) is 0 Å². The van der Waals surface area contributed by atoms with Gasteiger partial charge in [0.15, 0.2) is 0 Å². The summed E-state index contributed by atoms with van der Waals surface area (Å²) in [6.45, 7) is 2.16. The van der Waals surface area contributed by atoms with Gasteiger partial charge in [-0.25, -0.2) is 4.79 Å². The number of fused-ring (bicyclic) bond motifs is 1. The first-order valence-electron chi connectivity index (χ1n) is 7.71. The van der Waals surface area contributed by atoms with Crippen LogP contribution in [-0.4, -0.2) is 22.2 Å². The molecule has 1 aromatic heterocycles. The van der Waals surface area contributed by atoms with Gasteiger partial charge in [-0.15, -0.1) is 0 Å². The second-order valence-electron chi connectivity index (χ2n) is 5.88. The van der Waals surface area contributed by atoms with Crippen LogP contribution >= 0.6 is 0 Å². The van der Waals surface area contributed by atoms with Crippen LogP contribution in [0.1, 0.15) is 37.4 Å². The number of carbonyl (C=O) groups is 1. The van der Waals surface area contributed by atoms with Crippen molar-refractivity contribution in [1.29, 1.82) is 0 Å². The van der Waals surface area contributed by atoms with Crippen molar-refractivity contribution in [2.75, 3.05) is 6.61 Å². The zero-order valence-electron chi connectivity index (χ0n) is 13.0. The Kier molecular flexibility index (Phi) is 3.79. The molecule has 0 amide bonds. The minimum Gasteiger partial charge on any atom is -0.463 e. The summed E-state index contributed by atoms with van der Waals surface area (Å²) in [6.07, 6.45) is 5.92. The number of aromatic nitrogens is 1. The van der Waals surface area contributed by atoms with Crippen molar-refractivity contribution in [2.24, 2.45) is 7.05 Å². The van der Waals surface area contributed by atoms with E-state index in [0.29, 0.717) is 6.61 Å². The Bertz CT molecular complexity index is 738. The highest BCUT2D eigenvalue weighted by Gasteiger charge is 2.38. The number of esters is 1. The van der Waals surface area contributed by atoms with Crippen molar-refractivity contribution in [3.8, 4) is 0 Å². The van der Waals surface area contributed by atoms with Gasteiger partial charge in [-0.2, -0.15) is 0 Å². The molecule has 0 atom stereocenters. The summed E-state index contributed by atoms with van der Waals surface area (Å²) in [5.74, 6) is -0.334. The molecular weight excluding hydrogens is 278 g/mol. The van der Waals surface area contributed by atoms with Crippen LogP contribution in [0, 0.1) is 0 Å². The molecule has 3 rings (SSSR count). The Hall–Kier alpha value is -2.07. The van der Waals surface area contributed by atoms with Gasteiger partial charge in [-0.3, -0.25) is 0 Å². The van der Waals surface area contributed by atoms with E-state index in [9.17, 15) is 9.90 Å². The van der Waals surface area contributed by atoms with E-state index in [1.165, 1.54) is 6.08 Å². The minimum absolute atomic E-state index is 0.334. The highest BCUT2D eigenvalue weighted by molar-refractivity contribution is 5.89. The number of hydrogen-bond donors (Lipinski definition) is 1. The van der Waals surface area contributed by atoms with Gasteiger partial charge in [-0.1, -0.05) is 12.1 Å². The average molecular weight is 299 g/mol. The highest BCUT2D eigenvalue weighted by Crippen LogP contribution is 2.42. The van der Waals surface area contributed by atoms with Crippen LogP contribution in [-0.2, 0) is 22.2 Å². The molecule has 0 spiro atoms. The Morgan fingerprint density at radius 3 is 2.82 bits per heavy atom. The van der Waals surface area contributed by atoms with Gasteiger partial charge in [0.25, 0.3) is 0 Å². The summed E-state index contributed by atoms with van der Waals surface area (Å²) in [6, 6.07) is 8.07. The molecule has 1 N–H and O–H groups in total. The maximum atomic E-state index is 11.4. The molecule has 4 nitrogen and oxygen atoms in total. The third-order valence-electron chi connectivity index (χ3n) is 4.43. The van der Waals surface area contributed by atoms with Crippen LogP contribution < -0.4 is 0 Å². The fourth-order valence-electron chi connectivity index (χ4n) is 3.02. The van der Waals surface area contributed by atoms with E-state index in [0.717, 1.165) is 41.4 Å². The van der Waals surface area contributed by atoms with Gasteiger partial charge in [0.2, 0.25) is 0 Å². The number of nitrogens with zero attached hydrogens (tertiary/aromatic N) is 1. The first kappa shape index (κ1) is 14.9. The SMILES string of the molecule is CCOC(=O)/C=C\c1ccc2cc(C3(O)CCC3)n(C)c2c1. The van der Waals surface area contributed by atoms with Crippen molar-refractivity contribution in [1.82, 2.24) is 4.57 Å². The highest BCUT2D eigenvalue weighted by atomic mass is 16.5. The molecule has 0 radical (unpaired) electrons. The number of ether oxygens (including phenoxy) is 1. The Balaban J connectivity index is 1.93. The second-order valence-corrected chi connectivity index (χ2v) is 5.88. The van der Waals surface area contributed by atoms with Crippen LogP contribution in [0.25, 0.3) is 17.0 Å². The van der Waals surface area contributed by atoms with Gasteiger partial charge < -0.3 is 14.4 Å². The fraction of sp³-hybridized carbons (Fsp3) is 0.389. The van der Waals surface area contributed by atoms with Crippen LogP contribution in [0.2, 0.25) is 0 Å². The quantitative estimate of drug-likeness (QED) is 0.697. The molecule has 1 fully saturated rings. The molecule has 1 heterocycles. The Morgan fingerprint density at radius 1 is 1.41 bits per heavy atom. The molecule has 1 aliphatic rings. The lowest BCUT2D eigenvalue weighted by molar-refractivity contribution is -0.137. The lowest BCUT2D eigenvalue weighted by Gasteiger charge is -2.37. The molecule has 1 aliphatic carbocycles. The summed E-state index contributed by atoms with van der Waals surface area (Å²) < 4.78 is 6.93. The van der Waals surface area contributed by atoms with Crippen LogP contribution in [0.3, 0.4) is 0 Å². The number of benzene rings is 1. The number of aryl methyl sites for hydroxylation is 1. The predicted molar refractivity (Wildman–Crippen MR) is 86.3 cm³/mol. The van der Waals surface area contributed by atoms with Gasteiger partial charge in [0, 0.05) is 18.6 Å². The fourth-order valence-corrected chi connectivity index (χ4v) is 3.02. The molecule has 0 bridgehead atoms.